The van der Waals surface area contributed by atoms with Crippen LogP contribution in [0.25, 0.3) is 0 Å². The zero-order chi connectivity index (χ0) is 14.5. The molecule has 106 valence electrons. The smallest absolute Gasteiger partial charge is 0.137 e. The van der Waals surface area contributed by atoms with Gasteiger partial charge in [-0.2, -0.15) is 0 Å². The van der Waals surface area contributed by atoms with E-state index < -0.39 is 0 Å². The number of aromatic nitrogens is 1. The number of pyridine rings is 1. The van der Waals surface area contributed by atoms with Gasteiger partial charge in [0.15, 0.2) is 0 Å². The molecule has 1 atom stereocenters. The highest BCUT2D eigenvalue weighted by molar-refractivity contribution is 5.41. The van der Waals surface area contributed by atoms with Gasteiger partial charge in [0.05, 0.1) is 18.8 Å². The predicted octanol–water partition coefficient (Wildman–Crippen LogP) is 3.41. The molecule has 2 aromatic rings. The maximum absolute atomic E-state index is 5.54. The minimum absolute atomic E-state index is 0.128. The number of nitrogens with zero attached hydrogens (tertiary/aromatic N) is 1. The molecule has 0 spiro atoms. The van der Waals surface area contributed by atoms with E-state index in [1.54, 1.807) is 6.20 Å². The van der Waals surface area contributed by atoms with Crippen LogP contribution in [0.4, 0.5) is 0 Å². The van der Waals surface area contributed by atoms with E-state index in [-0.39, 0.29) is 6.04 Å². The fourth-order valence-electron chi connectivity index (χ4n) is 2.43. The molecule has 1 unspecified atom stereocenters. The summed E-state index contributed by atoms with van der Waals surface area (Å²) < 4.78 is 5.54. The predicted molar refractivity (Wildman–Crippen MR) is 82.2 cm³/mol. The topological polar surface area (TPSA) is 34.1 Å². The molecule has 0 aliphatic rings. The van der Waals surface area contributed by atoms with Crippen molar-refractivity contribution in [2.24, 2.45) is 0 Å². The molecule has 0 saturated carbocycles. The second kappa shape index (κ2) is 6.53. The van der Waals surface area contributed by atoms with E-state index in [1.807, 2.05) is 20.2 Å². The lowest BCUT2D eigenvalue weighted by atomic mass is 9.93. The van der Waals surface area contributed by atoms with E-state index in [1.165, 1.54) is 16.7 Å². The summed E-state index contributed by atoms with van der Waals surface area (Å²) in [5, 5.41) is 3.38. The second-order valence-electron chi connectivity index (χ2n) is 4.90. The van der Waals surface area contributed by atoms with Crippen LogP contribution in [-0.2, 0) is 0 Å². The lowest BCUT2D eigenvalue weighted by molar-refractivity contribution is 0.338. The van der Waals surface area contributed by atoms with Crippen molar-refractivity contribution in [3.05, 3.63) is 58.9 Å². The van der Waals surface area contributed by atoms with Crippen LogP contribution in [0.5, 0.6) is 5.75 Å². The molecule has 1 aromatic carbocycles. The molecule has 1 aromatic heterocycles. The Bertz CT molecular complexity index is 581. The minimum atomic E-state index is 0.128. The molecule has 1 N–H and O–H groups in total. The Morgan fingerprint density at radius 2 is 2.05 bits per heavy atom. The van der Waals surface area contributed by atoms with E-state index in [2.05, 4.69) is 48.4 Å². The van der Waals surface area contributed by atoms with Gasteiger partial charge in [-0.15, -0.1) is 0 Å². The normalized spacial score (nSPS) is 12.2. The molecule has 0 saturated heterocycles. The van der Waals surface area contributed by atoms with Gasteiger partial charge in [-0.1, -0.05) is 18.2 Å². The van der Waals surface area contributed by atoms with Crippen LogP contribution in [0, 0.1) is 13.8 Å². The largest absolute Gasteiger partial charge is 0.492 e. The minimum Gasteiger partial charge on any atom is -0.492 e. The van der Waals surface area contributed by atoms with Gasteiger partial charge < -0.3 is 10.1 Å². The molecular formula is C17H22N2O. The molecule has 3 heteroatoms. The zero-order valence-corrected chi connectivity index (χ0v) is 12.6. The Balaban J connectivity index is 2.41. The summed E-state index contributed by atoms with van der Waals surface area (Å²) in [7, 11) is 1.97. The van der Waals surface area contributed by atoms with Crippen molar-refractivity contribution in [2.45, 2.75) is 26.8 Å². The molecule has 0 bridgehead atoms. The molecule has 0 radical (unpaired) electrons. The van der Waals surface area contributed by atoms with Gasteiger partial charge in [-0.05, 0) is 56.1 Å². The summed E-state index contributed by atoms with van der Waals surface area (Å²) in [6.45, 7) is 6.93. The van der Waals surface area contributed by atoms with Crippen LogP contribution in [0.2, 0.25) is 0 Å². The van der Waals surface area contributed by atoms with Gasteiger partial charge in [0.25, 0.3) is 0 Å². The van der Waals surface area contributed by atoms with E-state index in [0.717, 1.165) is 11.3 Å². The van der Waals surface area contributed by atoms with Crippen molar-refractivity contribution in [1.29, 1.82) is 0 Å². The average Bonchev–Trinajstić information content (AvgIpc) is 2.45. The number of benzene rings is 1. The van der Waals surface area contributed by atoms with E-state index in [4.69, 9.17) is 4.74 Å². The van der Waals surface area contributed by atoms with Gasteiger partial charge in [0, 0.05) is 6.20 Å². The van der Waals surface area contributed by atoms with Crippen molar-refractivity contribution < 1.29 is 4.74 Å². The molecule has 2 rings (SSSR count). The van der Waals surface area contributed by atoms with Gasteiger partial charge >= 0.3 is 0 Å². The van der Waals surface area contributed by atoms with Crippen LogP contribution in [-0.4, -0.2) is 18.6 Å². The standard InChI is InChI=1S/C17H22N2O/c1-5-20-15-9-14(10-19-11-15)17(18-4)16-8-6-7-12(2)13(16)3/h6-11,17-18H,5H2,1-4H3. The first kappa shape index (κ1) is 14.5. The van der Waals surface area contributed by atoms with Crippen molar-refractivity contribution in [1.82, 2.24) is 10.3 Å². The number of ether oxygens (including phenoxy) is 1. The van der Waals surface area contributed by atoms with Gasteiger partial charge in [-0.25, -0.2) is 0 Å². The third-order valence-corrected chi connectivity index (χ3v) is 3.62. The number of nitrogens with one attached hydrogen (secondary N) is 1. The summed E-state index contributed by atoms with van der Waals surface area (Å²) in [6.07, 6.45) is 3.65. The highest BCUT2D eigenvalue weighted by Gasteiger charge is 2.16. The van der Waals surface area contributed by atoms with Gasteiger partial charge in [-0.3, -0.25) is 4.98 Å². The molecule has 0 aliphatic carbocycles. The third kappa shape index (κ3) is 2.99. The first-order valence-corrected chi connectivity index (χ1v) is 6.98. The molecule has 1 heterocycles. The monoisotopic (exact) mass is 270 g/mol. The highest BCUT2D eigenvalue weighted by atomic mass is 16.5. The summed E-state index contributed by atoms with van der Waals surface area (Å²) in [6, 6.07) is 8.58. The summed E-state index contributed by atoms with van der Waals surface area (Å²) >= 11 is 0. The lowest BCUT2D eigenvalue weighted by Gasteiger charge is -2.20. The number of aryl methyl sites for hydroxylation is 1. The van der Waals surface area contributed by atoms with Gasteiger partial charge in [0.1, 0.15) is 5.75 Å². The van der Waals surface area contributed by atoms with Crippen molar-refractivity contribution in [3.8, 4) is 5.75 Å². The average molecular weight is 270 g/mol. The van der Waals surface area contributed by atoms with E-state index in [0.29, 0.717) is 6.61 Å². The van der Waals surface area contributed by atoms with Crippen molar-refractivity contribution in [3.63, 3.8) is 0 Å². The zero-order valence-electron chi connectivity index (χ0n) is 12.6. The van der Waals surface area contributed by atoms with Crippen molar-refractivity contribution >= 4 is 0 Å². The molecule has 0 aliphatic heterocycles. The van der Waals surface area contributed by atoms with Crippen LogP contribution < -0.4 is 10.1 Å². The summed E-state index contributed by atoms with van der Waals surface area (Å²) in [5.74, 6) is 0.815. The Hall–Kier alpha value is -1.87. The Morgan fingerprint density at radius 3 is 2.75 bits per heavy atom. The Kier molecular flexibility index (Phi) is 4.74. The molecule has 20 heavy (non-hydrogen) atoms. The lowest BCUT2D eigenvalue weighted by Crippen LogP contribution is -2.19. The number of hydrogen-bond acceptors (Lipinski definition) is 3. The Labute approximate surface area is 121 Å². The van der Waals surface area contributed by atoms with E-state index >= 15 is 0 Å². The quantitative estimate of drug-likeness (QED) is 0.904. The van der Waals surface area contributed by atoms with Crippen LogP contribution in [0.1, 0.15) is 35.2 Å². The number of hydrogen-bond donors (Lipinski definition) is 1. The molecule has 0 amide bonds. The fraction of sp³-hybridized carbons (Fsp3) is 0.353. The number of rotatable bonds is 5. The van der Waals surface area contributed by atoms with Crippen LogP contribution >= 0.6 is 0 Å². The summed E-state index contributed by atoms with van der Waals surface area (Å²) in [4.78, 5) is 4.28. The SMILES string of the molecule is CCOc1cncc(C(NC)c2cccc(C)c2C)c1. The molecule has 3 nitrogen and oxygen atoms in total. The highest BCUT2D eigenvalue weighted by Crippen LogP contribution is 2.27. The van der Waals surface area contributed by atoms with E-state index in [9.17, 15) is 0 Å². The molecular weight excluding hydrogens is 248 g/mol. The first-order valence-electron chi connectivity index (χ1n) is 6.98. The maximum atomic E-state index is 5.54. The van der Waals surface area contributed by atoms with Crippen LogP contribution in [0.15, 0.2) is 36.7 Å². The first-order chi connectivity index (χ1) is 9.67. The summed E-state index contributed by atoms with van der Waals surface area (Å²) in [5.41, 5.74) is 5.01. The maximum Gasteiger partial charge on any atom is 0.137 e. The Morgan fingerprint density at radius 1 is 1.25 bits per heavy atom. The van der Waals surface area contributed by atoms with Crippen LogP contribution in [0.3, 0.4) is 0 Å². The fourth-order valence-corrected chi connectivity index (χ4v) is 2.43. The van der Waals surface area contributed by atoms with Gasteiger partial charge in [0.2, 0.25) is 0 Å². The third-order valence-electron chi connectivity index (χ3n) is 3.62. The van der Waals surface area contributed by atoms with Crippen molar-refractivity contribution in [2.75, 3.05) is 13.7 Å². The molecule has 0 fully saturated rings. The second-order valence-corrected chi connectivity index (χ2v) is 4.90.